The third-order valence-electron chi connectivity index (χ3n) is 8.28. The van der Waals surface area contributed by atoms with E-state index in [1.807, 2.05) is 127 Å². The van der Waals surface area contributed by atoms with Gasteiger partial charge in [0.25, 0.3) is 0 Å². The fraction of sp³-hybridized carbons (Fsp3) is 0.143. The molecule has 0 saturated heterocycles. The van der Waals surface area contributed by atoms with Crippen molar-refractivity contribution in [3.8, 4) is 5.75 Å². The van der Waals surface area contributed by atoms with Crippen LogP contribution in [-0.4, -0.2) is 18.7 Å². The van der Waals surface area contributed by atoms with Crippen molar-refractivity contribution in [3.63, 3.8) is 0 Å². The fourth-order valence-corrected chi connectivity index (χ4v) is 5.97. The normalized spacial score (nSPS) is 15.3. The van der Waals surface area contributed by atoms with Crippen molar-refractivity contribution in [2.75, 3.05) is 7.11 Å². The molecule has 0 heterocycles. The average molecular weight is 655 g/mol. The molecular formula is C42H35ClO5. The topological polar surface area (TPSA) is 61.8 Å². The van der Waals surface area contributed by atoms with Crippen LogP contribution in [-0.2, 0) is 20.7 Å². The molecule has 0 aliphatic heterocycles. The van der Waals surface area contributed by atoms with E-state index in [1.54, 1.807) is 31.4 Å². The number of Topliss-reactive ketones (excluding diaryl/α,β-unsaturated/α-hetero) is 2. The maximum atomic E-state index is 13.9. The number of para-hydroxylation sites is 1. The van der Waals surface area contributed by atoms with E-state index in [-0.39, 0.29) is 23.9 Å². The highest BCUT2D eigenvalue weighted by Crippen LogP contribution is 2.39. The molecule has 0 radical (unpaired) electrons. The first kappa shape index (κ1) is 32.5. The van der Waals surface area contributed by atoms with Crippen molar-refractivity contribution in [2.24, 2.45) is 0 Å². The molecule has 240 valence electrons. The molecule has 0 aromatic heterocycles. The van der Waals surface area contributed by atoms with E-state index in [0.717, 1.165) is 22.4 Å². The van der Waals surface area contributed by atoms with E-state index < -0.39 is 12.2 Å². The molecule has 1 aliphatic rings. The summed E-state index contributed by atoms with van der Waals surface area (Å²) in [7, 11) is 1.64. The molecule has 0 spiro atoms. The van der Waals surface area contributed by atoms with Crippen molar-refractivity contribution in [3.05, 3.63) is 196 Å². The number of carbonyl (C=O) groups is 2. The van der Waals surface area contributed by atoms with Crippen LogP contribution in [0.1, 0.15) is 57.2 Å². The lowest BCUT2D eigenvalue weighted by molar-refractivity contribution is -0.128. The summed E-state index contributed by atoms with van der Waals surface area (Å²) in [5, 5.41) is 0.549. The summed E-state index contributed by atoms with van der Waals surface area (Å²) in [6.45, 7) is 0. The third-order valence-corrected chi connectivity index (χ3v) is 8.53. The van der Waals surface area contributed by atoms with Gasteiger partial charge in [0.2, 0.25) is 5.78 Å². The van der Waals surface area contributed by atoms with Crippen LogP contribution in [0.15, 0.2) is 163 Å². The number of hydrogen-bond donors (Lipinski definition) is 0. The van der Waals surface area contributed by atoms with Crippen molar-refractivity contribution < 1.29 is 23.8 Å². The lowest BCUT2D eigenvalue weighted by Crippen LogP contribution is -2.21. The van der Waals surface area contributed by atoms with Crippen molar-refractivity contribution in [2.45, 2.75) is 31.0 Å². The van der Waals surface area contributed by atoms with Crippen LogP contribution in [0.4, 0.5) is 0 Å². The molecule has 0 bridgehead atoms. The Bertz CT molecular complexity index is 1900. The summed E-state index contributed by atoms with van der Waals surface area (Å²) < 4.78 is 18.7. The van der Waals surface area contributed by atoms with Crippen LogP contribution in [0, 0.1) is 0 Å². The first-order valence-electron chi connectivity index (χ1n) is 15.8. The second-order valence-electron chi connectivity index (χ2n) is 11.6. The number of ether oxygens (including phenoxy) is 3. The number of halogens is 1. The van der Waals surface area contributed by atoms with Crippen LogP contribution >= 0.6 is 11.6 Å². The zero-order chi connectivity index (χ0) is 33.3. The molecule has 3 atom stereocenters. The van der Waals surface area contributed by atoms with E-state index >= 15 is 0 Å². The zero-order valence-corrected chi connectivity index (χ0v) is 27.3. The number of methoxy groups -OCH3 is 1. The maximum Gasteiger partial charge on any atom is 0.207 e. The number of carbonyl (C=O) groups excluding carboxylic acids is 2. The average Bonchev–Trinajstić information content (AvgIpc) is 3.14. The second kappa shape index (κ2) is 15.5. The highest BCUT2D eigenvalue weighted by Gasteiger charge is 2.30. The summed E-state index contributed by atoms with van der Waals surface area (Å²) in [5.74, 6) is 1.54. The van der Waals surface area contributed by atoms with Crippen LogP contribution in [0.3, 0.4) is 0 Å². The first-order valence-corrected chi connectivity index (χ1v) is 16.2. The predicted octanol–water partition coefficient (Wildman–Crippen LogP) is 9.81. The van der Waals surface area contributed by atoms with E-state index in [9.17, 15) is 9.59 Å². The first-order chi connectivity index (χ1) is 23.5. The molecule has 5 nitrogen and oxygen atoms in total. The fourth-order valence-electron chi connectivity index (χ4n) is 5.84. The summed E-state index contributed by atoms with van der Waals surface area (Å²) in [4.78, 5) is 27.6. The number of benzene rings is 5. The zero-order valence-electron chi connectivity index (χ0n) is 26.5. The maximum absolute atomic E-state index is 13.9. The van der Waals surface area contributed by atoms with Gasteiger partial charge in [-0.15, -0.1) is 0 Å². The largest absolute Gasteiger partial charge is 0.500 e. The number of rotatable bonds is 13. The second-order valence-corrected chi connectivity index (χ2v) is 12.0. The summed E-state index contributed by atoms with van der Waals surface area (Å²) in [6.07, 6.45) is 2.79. The van der Waals surface area contributed by atoms with Gasteiger partial charge in [0.1, 0.15) is 11.5 Å². The molecule has 6 heteroatoms. The van der Waals surface area contributed by atoms with E-state index in [2.05, 4.69) is 0 Å². The third kappa shape index (κ3) is 7.93. The Labute approximate surface area is 286 Å². The molecular weight excluding hydrogens is 620 g/mol. The number of ketones is 2. The van der Waals surface area contributed by atoms with Gasteiger partial charge in [0, 0.05) is 34.9 Å². The Morgan fingerprint density at radius 2 is 1.35 bits per heavy atom. The molecule has 3 unspecified atom stereocenters. The van der Waals surface area contributed by atoms with Gasteiger partial charge in [-0.3, -0.25) is 9.59 Å². The Morgan fingerprint density at radius 3 is 2.04 bits per heavy atom. The monoisotopic (exact) mass is 654 g/mol. The summed E-state index contributed by atoms with van der Waals surface area (Å²) in [5.41, 5.74) is 3.84. The standard InChI is InChI=1S/C42H35ClO5/c1-46-39-25-24-36(48-41(31-14-7-3-8-15-31)38(44)26-29-12-5-2-6-13-29)28-37(39)32-16-11-17-33(27-32)42(47-35-18-9-4-10-19-35)40(45)30-20-22-34(43)23-21-30/h2-25,27,37,41-42H,26,28H2,1H3. The number of allylic oxidation sites excluding steroid dienone is 4. The molecule has 6 rings (SSSR count). The minimum Gasteiger partial charge on any atom is -0.500 e. The van der Waals surface area contributed by atoms with Gasteiger partial charge in [-0.1, -0.05) is 115 Å². The molecule has 0 fully saturated rings. The molecule has 0 N–H and O–H groups in total. The quantitative estimate of drug-likeness (QED) is 0.118. The Morgan fingerprint density at radius 1 is 0.708 bits per heavy atom. The molecule has 5 aromatic carbocycles. The van der Waals surface area contributed by atoms with E-state index in [0.29, 0.717) is 34.1 Å². The Hall–Kier alpha value is -5.39. The lowest BCUT2D eigenvalue weighted by Gasteiger charge is -2.28. The van der Waals surface area contributed by atoms with Crippen LogP contribution in [0.5, 0.6) is 5.75 Å². The highest BCUT2D eigenvalue weighted by atomic mass is 35.5. The van der Waals surface area contributed by atoms with Gasteiger partial charge in [0.15, 0.2) is 18.0 Å². The van der Waals surface area contributed by atoms with Gasteiger partial charge in [-0.2, -0.15) is 0 Å². The SMILES string of the molecule is COC1=CC=C(OC(C(=O)Cc2ccccc2)c2ccccc2)CC1c1cccc(C(Oc2ccccc2)C(=O)c2ccc(Cl)cc2)c1. The molecule has 5 aromatic rings. The smallest absolute Gasteiger partial charge is 0.207 e. The molecule has 0 amide bonds. The summed E-state index contributed by atoms with van der Waals surface area (Å²) in [6, 6.07) is 43.2. The van der Waals surface area contributed by atoms with Gasteiger partial charge in [-0.25, -0.2) is 0 Å². The van der Waals surface area contributed by atoms with Crippen LogP contribution in [0.25, 0.3) is 0 Å². The van der Waals surface area contributed by atoms with Gasteiger partial charge < -0.3 is 14.2 Å². The van der Waals surface area contributed by atoms with Crippen molar-refractivity contribution >= 4 is 23.2 Å². The minimum absolute atomic E-state index is 0.0324. The van der Waals surface area contributed by atoms with E-state index in [4.69, 9.17) is 25.8 Å². The molecule has 48 heavy (non-hydrogen) atoms. The number of hydrogen-bond acceptors (Lipinski definition) is 5. The summed E-state index contributed by atoms with van der Waals surface area (Å²) >= 11 is 6.12. The minimum atomic E-state index is -0.906. The van der Waals surface area contributed by atoms with Gasteiger partial charge in [0.05, 0.1) is 12.9 Å². The van der Waals surface area contributed by atoms with E-state index in [1.165, 1.54) is 0 Å². The predicted molar refractivity (Wildman–Crippen MR) is 188 cm³/mol. The molecule has 0 saturated carbocycles. The lowest BCUT2D eigenvalue weighted by atomic mass is 9.87. The van der Waals surface area contributed by atoms with Gasteiger partial charge >= 0.3 is 0 Å². The highest BCUT2D eigenvalue weighted by molar-refractivity contribution is 6.30. The van der Waals surface area contributed by atoms with Crippen LogP contribution < -0.4 is 4.74 Å². The Balaban J connectivity index is 1.28. The van der Waals surface area contributed by atoms with Gasteiger partial charge in [-0.05, 0) is 65.2 Å². The molecule has 1 aliphatic carbocycles. The Kier molecular flexibility index (Phi) is 10.5. The van der Waals surface area contributed by atoms with Crippen molar-refractivity contribution in [1.29, 1.82) is 0 Å². The van der Waals surface area contributed by atoms with Crippen molar-refractivity contribution in [1.82, 2.24) is 0 Å². The van der Waals surface area contributed by atoms with Crippen LogP contribution in [0.2, 0.25) is 5.02 Å².